The summed E-state index contributed by atoms with van der Waals surface area (Å²) < 4.78 is 0. The molecule has 0 heteroatoms. The monoisotopic (exact) mass is 596 g/mol. The number of hydrogen-bond donors (Lipinski definition) is 0. The molecular weight excluding hydrogens is 565 g/mol. The van der Waals surface area contributed by atoms with E-state index in [1.165, 1.54) is 98.4 Å². The van der Waals surface area contributed by atoms with E-state index in [-0.39, 0.29) is 5.41 Å². The zero-order valence-electron chi connectivity index (χ0n) is 26.5. The van der Waals surface area contributed by atoms with Crippen molar-refractivity contribution in [2.45, 2.75) is 19.3 Å². The molecule has 0 nitrogen and oxygen atoms in total. The van der Waals surface area contributed by atoms with Gasteiger partial charge in [0.1, 0.15) is 0 Å². The van der Waals surface area contributed by atoms with Crippen molar-refractivity contribution in [1.29, 1.82) is 0 Å². The first-order chi connectivity index (χ1) is 23.1. The summed E-state index contributed by atoms with van der Waals surface area (Å²) in [4.78, 5) is 0. The summed E-state index contributed by atoms with van der Waals surface area (Å²) in [7, 11) is 0. The lowest BCUT2D eigenvalue weighted by molar-refractivity contribution is 0.661. The van der Waals surface area contributed by atoms with Gasteiger partial charge in [-0.25, -0.2) is 0 Å². The highest BCUT2D eigenvalue weighted by Gasteiger charge is 2.38. The van der Waals surface area contributed by atoms with Crippen molar-refractivity contribution in [2.24, 2.45) is 0 Å². The second kappa shape index (κ2) is 9.64. The van der Waals surface area contributed by atoms with Crippen LogP contribution in [0.25, 0.3) is 87.2 Å². The van der Waals surface area contributed by atoms with E-state index in [0.29, 0.717) is 0 Å². The van der Waals surface area contributed by atoms with Crippen LogP contribution in [0.5, 0.6) is 0 Å². The number of hydrogen-bond acceptors (Lipinski definition) is 0. The van der Waals surface area contributed by atoms with Crippen LogP contribution in [0.1, 0.15) is 25.0 Å². The summed E-state index contributed by atoms with van der Waals surface area (Å²) in [5, 5.41) is 12.9. The lowest BCUT2D eigenvalue weighted by atomic mass is 9.80. The van der Waals surface area contributed by atoms with Gasteiger partial charge in [-0.15, -0.1) is 0 Å². The van der Waals surface area contributed by atoms with Crippen molar-refractivity contribution >= 4 is 53.9 Å². The van der Waals surface area contributed by atoms with E-state index >= 15 is 0 Å². The molecule has 1 aliphatic rings. The van der Waals surface area contributed by atoms with Crippen molar-refractivity contribution in [3.05, 3.63) is 169 Å². The maximum Gasteiger partial charge on any atom is 0.0159 e. The van der Waals surface area contributed by atoms with E-state index in [4.69, 9.17) is 0 Å². The Balaban J connectivity index is 1.31. The highest BCUT2D eigenvalue weighted by molar-refractivity contribution is 6.24. The van der Waals surface area contributed by atoms with Gasteiger partial charge < -0.3 is 0 Å². The van der Waals surface area contributed by atoms with E-state index in [9.17, 15) is 0 Å². The van der Waals surface area contributed by atoms with Gasteiger partial charge in [0.25, 0.3) is 0 Å². The van der Waals surface area contributed by atoms with Crippen molar-refractivity contribution in [3.63, 3.8) is 0 Å². The van der Waals surface area contributed by atoms with Gasteiger partial charge in [-0.2, -0.15) is 0 Å². The molecule has 9 aromatic carbocycles. The summed E-state index contributed by atoms with van der Waals surface area (Å²) in [6.45, 7) is 4.77. The SMILES string of the molecule is CC1(C)c2cccc(-c3c4ccccc4c(-c4ccc5c(ccc6ccccc65)c4)c4ccccc34)c2-c2c1ccc1ccccc21. The molecule has 0 radical (unpaired) electrons. The third kappa shape index (κ3) is 3.64. The second-order valence-corrected chi connectivity index (χ2v) is 13.6. The van der Waals surface area contributed by atoms with Gasteiger partial charge in [-0.05, 0) is 104 Å². The van der Waals surface area contributed by atoms with Gasteiger partial charge >= 0.3 is 0 Å². The molecule has 10 rings (SSSR count). The van der Waals surface area contributed by atoms with E-state index in [2.05, 4.69) is 172 Å². The van der Waals surface area contributed by atoms with Crippen LogP contribution in [-0.2, 0) is 5.41 Å². The molecular formula is C47H32. The number of rotatable bonds is 2. The molecule has 0 amide bonds. The fraction of sp³-hybridized carbons (Fsp3) is 0.0638. The average molecular weight is 597 g/mol. The molecule has 0 saturated heterocycles. The number of fused-ring (bicyclic) bond motifs is 10. The Morgan fingerprint density at radius 2 is 0.830 bits per heavy atom. The zero-order chi connectivity index (χ0) is 31.3. The minimum absolute atomic E-state index is 0.0917. The summed E-state index contributed by atoms with van der Waals surface area (Å²) in [5.41, 5.74) is 10.7. The molecule has 0 N–H and O–H groups in total. The van der Waals surface area contributed by atoms with Crippen molar-refractivity contribution in [1.82, 2.24) is 0 Å². The molecule has 0 bridgehead atoms. The molecule has 47 heavy (non-hydrogen) atoms. The smallest absolute Gasteiger partial charge is 0.0159 e. The lowest BCUT2D eigenvalue weighted by Gasteiger charge is -2.22. The summed E-state index contributed by atoms with van der Waals surface area (Å²) in [5.74, 6) is 0. The molecule has 0 aromatic heterocycles. The number of benzene rings is 9. The Morgan fingerprint density at radius 3 is 1.53 bits per heavy atom. The molecule has 9 aromatic rings. The molecule has 1 aliphatic carbocycles. The van der Waals surface area contributed by atoms with Gasteiger partial charge in [0, 0.05) is 5.41 Å². The molecule has 0 unspecified atom stereocenters. The van der Waals surface area contributed by atoms with Crippen LogP contribution >= 0.6 is 0 Å². The summed E-state index contributed by atoms with van der Waals surface area (Å²) >= 11 is 0. The molecule has 0 saturated carbocycles. The van der Waals surface area contributed by atoms with Crippen LogP contribution in [0, 0.1) is 0 Å². The molecule has 0 aliphatic heterocycles. The predicted molar refractivity (Wildman–Crippen MR) is 202 cm³/mol. The predicted octanol–water partition coefficient (Wildman–Crippen LogP) is 13.1. The van der Waals surface area contributed by atoms with Crippen LogP contribution in [0.2, 0.25) is 0 Å². The Kier molecular flexibility index (Phi) is 5.44. The van der Waals surface area contributed by atoms with Crippen molar-refractivity contribution < 1.29 is 0 Å². The second-order valence-electron chi connectivity index (χ2n) is 13.6. The zero-order valence-corrected chi connectivity index (χ0v) is 26.5. The van der Waals surface area contributed by atoms with Crippen molar-refractivity contribution in [2.75, 3.05) is 0 Å². The normalized spacial score (nSPS) is 13.5. The Hall–Kier alpha value is -5.72. The molecule has 0 atom stereocenters. The van der Waals surface area contributed by atoms with Crippen molar-refractivity contribution in [3.8, 4) is 33.4 Å². The van der Waals surface area contributed by atoms with E-state index in [1.54, 1.807) is 0 Å². The largest absolute Gasteiger partial charge is 0.0616 e. The Bertz CT molecular complexity index is 2700. The fourth-order valence-electron chi connectivity index (χ4n) is 8.66. The Labute approximate surface area is 274 Å². The quantitative estimate of drug-likeness (QED) is 0.138. The van der Waals surface area contributed by atoms with Crippen LogP contribution < -0.4 is 0 Å². The molecule has 0 fully saturated rings. The van der Waals surface area contributed by atoms with Crippen LogP contribution in [-0.4, -0.2) is 0 Å². The first-order valence-corrected chi connectivity index (χ1v) is 16.6. The van der Waals surface area contributed by atoms with Gasteiger partial charge in [0.2, 0.25) is 0 Å². The maximum atomic E-state index is 2.39. The highest BCUT2D eigenvalue weighted by atomic mass is 14.4. The standard InChI is InChI=1S/C47H32/c1-47(2)41-21-11-20-40(46(41)45-35-15-6-4-13-30(35)25-27-42(45)47)44-38-18-9-7-16-36(38)43(37-17-8-10-19-39(37)44)32-24-26-34-31(28-32)23-22-29-12-3-5-14-33(29)34/h3-28H,1-2H3. The minimum Gasteiger partial charge on any atom is -0.0616 e. The van der Waals surface area contributed by atoms with Gasteiger partial charge in [0.15, 0.2) is 0 Å². The lowest BCUT2D eigenvalue weighted by Crippen LogP contribution is -2.14. The Morgan fingerprint density at radius 1 is 0.319 bits per heavy atom. The first-order valence-electron chi connectivity index (χ1n) is 16.6. The average Bonchev–Trinajstić information content (AvgIpc) is 3.36. The fourth-order valence-corrected chi connectivity index (χ4v) is 8.66. The van der Waals surface area contributed by atoms with Crippen LogP contribution in [0.4, 0.5) is 0 Å². The van der Waals surface area contributed by atoms with Gasteiger partial charge in [-0.1, -0.05) is 166 Å². The summed E-state index contributed by atoms with van der Waals surface area (Å²) in [6.07, 6.45) is 0. The summed E-state index contributed by atoms with van der Waals surface area (Å²) in [6, 6.07) is 58.9. The third-order valence-electron chi connectivity index (χ3n) is 10.8. The third-order valence-corrected chi connectivity index (χ3v) is 10.8. The van der Waals surface area contributed by atoms with E-state index < -0.39 is 0 Å². The molecule has 0 heterocycles. The van der Waals surface area contributed by atoms with Crippen LogP contribution in [0.15, 0.2) is 158 Å². The maximum absolute atomic E-state index is 2.39. The van der Waals surface area contributed by atoms with E-state index in [0.717, 1.165) is 0 Å². The minimum atomic E-state index is -0.0917. The van der Waals surface area contributed by atoms with Crippen LogP contribution in [0.3, 0.4) is 0 Å². The molecule has 0 spiro atoms. The topological polar surface area (TPSA) is 0 Å². The first kappa shape index (κ1) is 26.5. The highest BCUT2D eigenvalue weighted by Crippen LogP contribution is 2.56. The van der Waals surface area contributed by atoms with Gasteiger partial charge in [-0.3, -0.25) is 0 Å². The molecule has 220 valence electrons. The van der Waals surface area contributed by atoms with Gasteiger partial charge in [0.05, 0.1) is 0 Å². The van der Waals surface area contributed by atoms with E-state index in [1.807, 2.05) is 0 Å².